The fourth-order valence-electron chi connectivity index (χ4n) is 2.77. The number of nitrogens with zero attached hydrogens (tertiary/aromatic N) is 2. The molecule has 0 amide bonds. The largest absolute Gasteiger partial charge is 0.308 e. The number of hydrogen-bond acceptors (Lipinski definition) is 3. The fourth-order valence-corrected chi connectivity index (χ4v) is 3.70. The molecule has 2 aromatic rings. The van der Waals surface area contributed by atoms with Crippen molar-refractivity contribution in [3.63, 3.8) is 0 Å². The highest BCUT2D eigenvalue weighted by atomic mass is 32.1. The molecule has 0 saturated heterocycles. The van der Waals surface area contributed by atoms with E-state index in [0.717, 1.165) is 17.4 Å². The molecule has 2 heterocycles. The molecule has 1 atom stereocenters. The Balaban J connectivity index is 1.72. The Hall–Kier alpha value is -0.870. The minimum Gasteiger partial charge on any atom is -0.308 e. The van der Waals surface area contributed by atoms with Crippen molar-refractivity contribution in [3.05, 3.63) is 22.5 Å². The van der Waals surface area contributed by atoms with Gasteiger partial charge in [-0.3, -0.25) is 4.40 Å². The first-order valence-corrected chi connectivity index (χ1v) is 8.22. The van der Waals surface area contributed by atoms with Crippen LogP contribution in [0.25, 0.3) is 4.96 Å². The van der Waals surface area contributed by atoms with Gasteiger partial charge in [0.15, 0.2) is 4.96 Å². The number of rotatable bonds is 6. The van der Waals surface area contributed by atoms with Gasteiger partial charge in [0.05, 0.1) is 11.4 Å². The average Bonchev–Trinajstić information content (AvgIpc) is 3.07. The maximum atomic E-state index is 4.65. The second-order valence-electron chi connectivity index (χ2n) is 5.80. The average molecular weight is 277 g/mol. The van der Waals surface area contributed by atoms with Crippen LogP contribution < -0.4 is 5.32 Å². The number of hydrogen-bond donors (Lipinski definition) is 1. The number of aryl methyl sites for hydroxylation is 2. The van der Waals surface area contributed by atoms with Crippen LogP contribution in [0.5, 0.6) is 0 Å². The maximum absolute atomic E-state index is 4.65. The Labute approximate surface area is 119 Å². The van der Waals surface area contributed by atoms with Crippen molar-refractivity contribution in [2.24, 2.45) is 5.92 Å². The first-order chi connectivity index (χ1) is 9.19. The van der Waals surface area contributed by atoms with Crippen molar-refractivity contribution in [2.75, 3.05) is 0 Å². The number of fused-ring (bicyclic) bond motifs is 1. The number of imidazole rings is 1. The van der Waals surface area contributed by atoms with E-state index >= 15 is 0 Å². The summed E-state index contributed by atoms with van der Waals surface area (Å²) in [6, 6.07) is 0.663. The third-order valence-corrected chi connectivity index (χ3v) is 5.14. The standard InChI is InChI=1S/C15H23N3S/c1-4-13(7-12-5-6-12)16-8-14-11(3)17-15-18(14)10(2)9-19-15/h9,12-13,16H,4-8H2,1-3H3. The second kappa shape index (κ2) is 5.25. The van der Waals surface area contributed by atoms with Crippen LogP contribution in [0.2, 0.25) is 0 Å². The lowest BCUT2D eigenvalue weighted by Crippen LogP contribution is -2.29. The molecule has 0 aromatic carbocycles. The van der Waals surface area contributed by atoms with Crippen LogP contribution in [0, 0.1) is 19.8 Å². The monoisotopic (exact) mass is 277 g/mol. The predicted octanol–water partition coefficient (Wildman–Crippen LogP) is 3.68. The van der Waals surface area contributed by atoms with Gasteiger partial charge in [-0.25, -0.2) is 4.98 Å². The van der Waals surface area contributed by atoms with Crippen LogP contribution in [-0.4, -0.2) is 15.4 Å². The first-order valence-electron chi connectivity index (χ1n) is 7.34. The van der Waals surface area contributed by atoms with Crippen LogP contribution >= 0.6 is 11.3 Å². The molecule has 1 unspecified atom stereocenters. The third kappa shape index (κ3) is 2.70. The topological polar surface area (TPSA) is 29.3 Å². The van der Waals surface area contributed by atoms with Crippen LogP contribution in [0.3, 0.4) is 0 Å². The van der Waals surface area contributed by atoms with Crippen LogP contribution in [0.15, 0.2) is 5.38 Å². The Morgan fingerprint density at radius 2 is 2.26 bits per heavy atom. The van der Waals surface area contributed by atoms with Crippen LogP contribution in [0.4, 0.5) is 0 Å². The minimum absolute atomic E-state index is 0.663. The summed E-state index contributed by atoms with van der Waals surface area (Å²) < 4.78 is 2.30. The van der Waals surface area contributed by atoms with Gasteiger partial charge in [-0.1, -0.05) is 19.8 Å². The normalized spacial score (nSPS) is 17.2. The Bertz CT molecular complexity index is 565. The smallest absolute Gasteiger partial charge is 0.194 e. The highest BCUT2D eigenvalue weighted by Gasteiger charge is 2.24. The molecule has 4 heteroatoms. The quantitative estimate of drug-likeness (QED) is 0.872. The Morgan fingerprint density at radius 1 is 1.47 bits per heavy atom. The van der Waals surface area contributed by atoms with E-state index in [2.05, 4.69) is 40.9 Å². The van der Waals surface area contributed by atoms with E-state index in [-0.39, 0.29) is 0 Å². The molecule has 1 N–H and O–H groups in total. The molecule has 1 fully saturated rings. The molecule has 3 rings (SSSR count). The summed E-state index contributed by atoms with van der Waals surface area (Å²) in [5.41, 5.74) is 3.80. The summed E-state index contributed by atoms with van der Waals surface area (Å²) in [6.45, 7) is 7.51. The molecule has 1 saturated carbocycles. The van der Waals surface area contributed by atoms with Crippen molar-refractivity contribution >= 4 is 16.3 Å². The van der Waals surface area contributed by atoms with Crippen molar-refractivity contribution in [3.8, 4) is 0 Å². The molecule has 1 aliphatic carbocycles. The Kier molecular flexibility index (Phi) is 3.63. The summed E-state index contributed by atoms with van der Waals surface area (Å²) >= 11 is 1.73. The number of thiazole rings is 1. The van der Waals surface area contributed by atoms with Gasteiger partial charge in [-0.2, -0.15) is 0 Å². The van der Waals surface area contributed by atoms with Crippen LogP contribution in [-0.2, 0) is 6.54 Å². The summed E-state index contributed by atoms with van der Waals surface area (Å²) in [5.74, 6) is 0.992. The number of aromatic nitrogens is 2. The molecule has 3 nitrogen and oxygen atoms in total. The highest BCUT2D eigenvalue weighted by molar-refractivity contribution is 7.15. The van der Waals surface area contributed by atoms with Gasteiger partial charge in [0.25, 0.3) is 0 Å². The minimum atomic E-state index is 0.663. The SMILES string of the molecule is CCC(CC1CC1)NCc1c(C)nc2scc(C)n12. The van der Waals surface area contributed by atoms with E-state index in [4.69, 9.17) is 0 Å². The number of nitrogens with one attached hydrogen (secondary N) is 1. The molecule has 0 bridgehead atoms. The van der Waals surface area contributed by atoms with E-state index in [0.29, 0.717) is 6.04 Å². The summed E-state index contributed by atoms with van der Waals surface area (Å²) in [4.78, 5) is 5.78. The Morgan fingerprint density at radius 3 is 2.95 bits per heavy atom. The summed E-state index contributed by atoms with van der Waals surface area (Å²) in [6.07, 6.45) is 5.45. The van der Waals surface area contributed by atoms with Crippen molar-refractivity contribution in [2.45, 2.75) is 59.0 Å². The summed E-state index contributed by atoms with van der Waals surface area (Å²) in [5, 5.41) is 5.92. The van der Waals surface area contributed by atoms with Crippen molar-refractivity contribution < 1.29 is 0 Å². The third-order valence-electron chi connectivity index (χ3n) is 4.20. The molecule has 1 aliphatic rings. The van der Waals surface area contributed by atoms with E-state index in [1.165, 1.54) is 42.8 Å². The molecule has 104 valence electrons. The fraction of sp³-hybridized carbons (Fsp3) is 0.667. The van der Waals surface area contributed by atoms with Gasteiger partial charge in [0.1, 0.15) is 0 Å². The lowest BCUT2D eigenvalue weighted by atomic mass is 10.1. The predicted molar refractivity (Wildman–Crippen MR) is 80.8 cm³/mol. The van der Waals surface area contributed by atoms with Crippen LogP contribution in [0.1, 0.15) is 49.7 Å². The molecular weight excluding hydrogens is 254 g/mol. The van der Waals surface area contributed by atoms with Crippen molar-refractivity contribution in [1.82, 2.24) is 14.7 Å². The zero-order chi connectivity index (χ0) is 13.4. The molecular formula is C15H23N3S. The van der Waals surface area contributed by atoms with E-state index < -0.39 is 0 Å². The molecule has 0 aliphatic heterocycles. The zero-order valence-corrected chi connectivity index (χ0v) is 12.9. The van der Waals surface area contributed by atoms with Gasteiger partial charge in [-0.05, 0) is 32.6 Å². The van der Waals surface area contributed by atoms with Gasteiger partial charge < -0.3 is 5.32 Å². The van der Waals surface area contributed by atoms with Gasteiger partial charge >= 0.3 is 0 Å². The maximum Gasteiger partial charge on any atom is 0.194 e. The summed E-state index contributed by atoms with van der Waals surface area (Å²) in [7, 11) is 0. The molecule has 19 heavy (non-hydrogen) atoms. The van der Waals surface area contributed by atoms with E-state index in [9.17, 15) is 0 Å². The van der Waals surface area contributed by atoms with E-state index in [1.807, 2.05) is 0 Å². The lowest BCUT2D eigenvalue weighted by Gasteiger charge is -2.16. The second-order valence-corrected chi connectivity index (χ2v) is 6.64. The van der Waals surface area contributed by atoms with E-state index in [1.54, 1.807) is 11.3 Å². The van der Waals surface area contributed by atoms with Gasteiger partial charge in [-0.15, -0.1) is 11.3 Å². The van der Waals surface area contributed by atoms with Crippen molar-refractivity contribution in [1.29, 1.82) is 0 Å². The first kappa shape index (κ1) is 13.1. The lowest BCUT2D eigenvalue weighted by molar-refractivity contribution is 0.441. The zero-order valence-electron chi connectivity index (χ0n) is 12.1. The molecule has 0 spiro atoms. The molecule has 0 radical (unpaired) electrons. The molecule has 2 aromatic heterocycles. The van der Waals surface area contributed by atoms with Gasteiger partial charge in [0, 0.05) is 23.7 Å². The highest BCUT2D eigenvalue weighted by Crippen LogP contribution is 2.34. The van der Waals surface area contributed by atoms with Gasteiger partial charge in [0.2, 0.25) is 0 Å².